The Bertz CT molecular complexity index is 288. The van der Waals surface area contributed by atoms with E-state index in [1.54, 1.807) is 6.07 Å². The molecule has 0 aromatic heterocycles. The lowest BCUT2D eigenvalue weighted by atomic mass is 10.1. The van der Waals surface area contributed by atoms with Crippen molar-refractivity contribution < 1.29 is 4.39 Å². The maximum Gasteiger partial charge on any atom is 0.142 e. The lowest BCUT2D eigenvalue weighted by Gasteiger charge is -2.12. The lowest BCUT2D eigenvalue weighted by Crippen LogP contribution is -2.17. The van der Waals surface area contributed by atoms with Gasteiger partial charge in [0.25, 0.3) is 0 Å². The third-order valence-corrected chi connectivity index (χ3v) is 2.26. The van der Waals surface area contributed by atoms with Crippen LogP contribution in [0.5, 0.6) is 0 Å². The molecule has 0 bridgehead atoms. The highest BCUT2D eigenvalue weighted by atomic mass is 35.5. The molecule has 0 fully saturated rings. The molecule has 1 aromatic carbocycles. The van der Waals surface area contributed by atoms with E-state index in [4.69, 9.17) is 11.6 Å². The van der Waals surface area contributed by atoms with Crippen LogP contribution in [0.1, 0.15) is 25.5 Å². The van der Waals surface area contributed by atoms with Crippen molar-refractivity contribution in [2.45, 2.75) is 19.9 Å². The molecule has 0 saturated heterocycles. The van der Waals surface area contributed by atoms with Crippen LogP contribution in [0.4, 0.5) is 4.39 Å². The molecule has 0 heterocycles. The molecule has 1 unspecified atom stereocenters. The topological polar surface area (TPSA) is 12.0 Å². The van der Waals surface area contributed by atoms with E-state index in [0.29, 0.717) is 0 Å². The standard InChI is InChI=1S/C10H13ClFN/c1-3-13-7(2)8-4-5-9(11)10(12)6-8/h4-7,13H,3H2,1-2H3. The monoisotopic (exact) mass is 201 g/mol. The van der Waals surface area contributed by atoms with Crippen LogP contribution >= 0.6 is 11.6 Å². The summed E-state index contributed by atoms with van der Waals surface area (Å²) in [5, 5.41) is 3.37. The highest BCUT2D eigenvalue weighted by molar-refractivity contribution is 6.30. The van der Waals surface area contributed by atoms with Crippen LogP contribution < -0.4 is 5.32 Å². The zero-order valence-electron chi connectivity index (χ0n) is 7.77. The molecule has 13 heavy (non-hydrogen) atoms. The van der Waals surface area contributed by atoms with Crippen molar-refractivity contribution in [3.63, 3.8) is 0 Å². The lowest BCUT2D eigenvalue weighted by molar-refractivity contribution is 0.583. The molecule has 0 amide bonds. The first-order valence-electron chi connectivity index (χ1n) is 4.33. The maximum atomic E-state index is 13.0. The summed E-state index contributed by atoms with van der Waals surface area (Å²) < 4.78 is 13.0. The molecule has 1 N–H and O–H groups in total. The summed E-state index contributed by atoms with van der Waals surface area (Å²) in [6, 6.07) is 5.05. The normalized spacial score (nSPS) is 12.9. The van der Waals surface area contributed by atoms with Crippen molar-refractivity contribution in [1.82, 2.24) is 5.32 Å². The van der Waals surface area contributed by atoms with Crippen molar-refractivity contribution >= 4 is 11.6 Å². The fraction of sp³-hybridized carbons (Fsp3) is 0.400. The van der Waals surface area contributed by atoms with Crippen molar-refractivity contribution in [3.8, 4) is 0 Å². The van der Waals surface area contributed by atoms with Crippen LogP contribution in [-0.4, -0.2) is 6.54 Å². The Morgan fingerprint density at radius 2 is 2.23 bits per heavy atom. The number of halogens is 2. The third-order valence-electron chi connectivity index (χ3n) is 1.95. The van der Waals surface area contributed by atoms with E-state index in [9.17, 15) is 4.39 Å². The van der Waals surface area contributed by atoms with E-state index >= 15 is 0 Å². The molecular weight excluding hydrogens is 189 g/mol. The van der Waals surface area contributed by atoms with Gasteiger partial charge in [0.2, 0.25) is 0 Å². The summed E-state index contributed by atoms with van der Waals surface area (Å²) in [4.78, 5) is 0. The van der Waals surface area contributed by atoms with Crippen molar-refractivity contribution in [2.24, 2.45) is 0 Å². The Hall–Kier alpha value is -0.600. The first-order chi connectivity index (χ1) is 6.15. The molecule has 3 heteroatoms. The van der Waals surface area contributed by atoms with Gasteiger partial charge in [-0.3, -0.25) is 0 Å². The van der Waals surface area contributed by atoms with Crippen LogP contribution in [0, 0.1) is 5.82 Å². The van der Waals surface area contributed by atoms with Crippen LogP contribution in [0.15, 0.2) is 18.2 Å². The van der Waals surface area contributed by atoms with Gasteiger partial charge in [0.1, 0.15) is 5.82 Å². The molecule has 0 aliphatic rings. The second-order valence-corrected chi connectivity index (χ2v) is 3.36. The summed E-state index contributed by atoms with van der Waals surface area (Å²) in [7, 11) is 0. The van der Waals surface area contributed by atoms with Gasteiger partial charge in [-0.2, -0.15) is 0 Å². The van der Waals surface area contributed by atoms with E-state index in [1.807, 2.05) is 19.9 Å². The summed E-state index contributed by atoms with van der Waals surface area (Å²) in [6.45, 7) is 4.88. The first-order valence-corrected chi connectivity index (χ1v) is 4.71. The molecule has 0 spiro atoms. The largest absolute Gasteiger partial charge is 0.310 e. The Morgan fingerprint density at radius 3 is 2.77 bits per heavy atom. The van der Waals surface area contributed by atoms with Gasteiger partial charge in [-0.15, -0.1) is 0 Å². The summed E-state index contributed by atoms with van der Waals surface area (Å²) in [5.74, 6) is -0.357. The van der Waals surface area contributed by atoms with E-state index in [1.165, 1.54) is 6.07 Å². The van der Waals surface area contributed by atoms with Gasteiger partial charge >= 0.3 is 0 Å². The van der Waals surface area contributed by atoms with Gasteiger partial charge in [0.15, 0.2) is 0 Å². The molecule has 1 atom stereocenters. The molecule has 72 valence electrons. The number of benzene rings is 1. The SMILES string of the molecule is CCNC(C)c1ccc(Cl)c(F)c1. The van der Waals surface area contributed by atoms with Crippen LogP contribution in [0.3, 0.4) is 0 Å². The van der Waals surface area contributed by atoms with Crippen LogP contribution in [-0.2, 0) is 0 Å². The molecule has 1 aromatic rings. The van der Waals surface area contributed by atoms with E-state index < -0.39 is 0 Å². The van der Waals surface area contributed by atoms with E-state index in [0.717, 1.165) is 12.1 Å². The summed E-state index contributed by atoms with van der Waals surface area (Å²) in [5.41, 5.74) is 0.920. The first kappa shape index (κ1) is 10.5. The van der Waals surface area contributed by atoms with Crippen molar-refractivity contribution in [3.05, 3.63) is 34.6 Å². The molecular formula is C10H13ClFN. The number of hydrogen-bond acceptors (Lipinski definition) is 1. The number of hydrogen-bond donors (Lipinski definition) is 1. The van der Waals surface area contributed by atoms with Gasteiger partial charge in [-0.25, -0.2) is 4.39 Å². The van der Waals surface area contributed by atoms with E-state index in [2.05, 4.69) is 5.32 Å². The average Bonchev–Trinajstić information content (AvgIpc) is 2.10. The average molecular weight is 202 g/mol. The molecule has 1 rings (SSSR count). The smallest absolute Gasteiger partial charge is 0.142 e. The maximum absolute atomic E-state index is 13.0. The molecule has 1 nitrogen and oxygen atoms in total. The molecule has 0 aliphatic carbocycles. The number of rotatable bonds is 3. The highest BCUT2D eigenvalue weighted by Crippen LogP contribution is 2.19. The fourth-order valence-corrected chi connectivity index (χ4v) is 1.32. The van der Waals surface area contributed by atoms with Crippen molar-refractivity contribution in [2.75, 3.05) is 6.54 Å². The van der Waals surface area contributed by atoms with Gasteiger partial charge in [0, 0.05) is 6.04 Å². The zero-order valence-corrected chi connectivity index (χ0v) is 8.53. The van der Waals surface area contributed by atoms with Crippen molar-refractivity contribution in [1.29, 1.82) is 0 Å². The van der Waals surface area contributed by atoms with E-state index in [-0.39, 0.29) is 16.9 Å². The van der Waals surface area contributed by atoms with Gasteiger partial charge in [-0.05, 0) is 31.2 Å². The summed E-state index contributed by atoms with van der Waals surface area (Å²) in [6.07, 6.45) is 0. The Labute approximate surface area is 82.9 Å². The van der Waals surface area contributed by atoms with Crippen LogP contribution in [0.2, 0.25) is 5.02 Å². The molecule has 0 saturated carbocycles. The zero-order chi connectivity index (χ0) is 9.84. The third kappa shape index (κ3) is 2.68. The molecule has 0 aliphatic heterocycles. The minimum atomic E-state index is -0.357. The Morgan fingerprint density at radius 1 is 1.54 bits per heavy atom. The van der Waals surface area contributed by atoms with Crippen LogP contribution in [0.25, 0.3) is 0 Å². The Kier molecular flexibility index (Phi) is 3.70. The van der Waals surface area contributed by atoms with Gasteiger partial charge < -0.3 is 5.32 Å². The minimum absolute atomic E-state index is 0.164. The predicted molar refractivity (Wildman–Crippen MR) is 53.5 cm³/mol. The fourth-order valence-electron chi connectivity index (χ4n) is 1.21. The minimum Gasteiger partial charge on any atom is -0.310 e. The quantitative estimate of drug-likeness (QED) is 0.792. The highest BCUT2D eigenvalue weighted by Gasteiger charge is 2.06. The molecule has 0 radical (unpaired) electrons. The predicted octanol–water partition coefficient (Wildman–Crippen LogP) is 3.15. The van der Waals surface area contributed by atoms with Gasteiger partial charge in [-0.1, -0.05) is 24.6 Å². The number of nitrogens with one attached hydrogen (secondary N) is 1. The second-order valence-electron chi connectivity index (χ2n) is 2.95. The second kappa shape index (κ2) is 4.58. The Balaban J connectivity index is 2.84. The van der Waals surface area contributed by atoms with Gasteiger partial charge in [0.05, 0.1) is 5.02 Å². The summed E-state index contributed by atoms with van der Waals surface area (Å²) >= 11 is 5.57.